The summed E-state index contributed by atoms with van der Waals surface area (Å²) >= 11 is 2.08. The van der Waals surface area contributed by atoms with Crippen molar-refractivity contribution in [3.05, 3.63) is 35.5 Å². The van der Waals surface area contributed by atoms with Gasteiger partial charge in [0.05, 0.1) is 31.3 Å². The molecule has 40 heavy (non-hydrogen) atoms. The summed E-state index contributed by atoms with van der Waals surface area (Å²) in [6.45, 7) is 6.07. The zero-order chi connectivity index (χ0) is 28.0. The van der Waals surface area contributed by atoms with E-state index in [1.54, 1.807) is 13.3 Å². The van der Waals surface area contributed by atoms with Gasteiger partial charge < -0.3 is 19.5 Å². The van der Waals surface area contributed by atoms with Crippen molar-refractivity contribution in [3.8, 4) is 5.75 Å². The van der Waals surface area contributed by atoms with Crippen LogP contribution in [0.3, 0.4) is 0 Å². The molecule has 1 atom stereocenters. The van der Waals surface area contributed by atoms with E-state index in [-0.39, 0.29) is 6.42 Å². The Bertz CT molecular complexity index is 1130. The number of aliphatic carboxylic acids is 1. The molecule has 1 aliphatic carbocycles. The SMILES string of the molecule is COc1ccc2ncc(CN3CCOCC3)c([C@H](F)CCC3(C(=O)O)CCN(CCSC4CCCC4)CC3)c2c1. The number of ether oxygens (including phenoxy) is 2. The number of fused-ring (bicyclic) bond motifs is 1. The minimum absolute atomic E-state index is 0.177. The summed E-state index contributed by atoms with van der Waals surface area (Å²) in [4.78, 5) is 21.9. The Labute approximate surface area is 241 Å². The summed E-state index contributed by atoms with van der Waals surface area (Å²) in [6.07, 6.45) is 7.56. The number of carbonyl (C=O) groups is 1. The summed E-state index contributed by atoms with van der Waals surface area (Å²) in [5.74, 6) is 0.989. The number of alkyl halides is 1. The van der Waals surface area contributed by atoms with E-state index in [0.29, 0.717) is 50.3 Å². The average molecular weight is 574 g/mol. The van der Waals surface area contributed by atoms with Crippen LogP contribution in [0.15, 0.2) is 24.4 Å². The number of likely N-dealkylation sites (tertiary alicyclic amines) is 1. The van der Waals surface area contributed by atoms with Gasteiger partial charge in [0.2, 0.25) is 0 Å². The molecule has 0 radical (unpaired) electrons. The molecule has 1 saturated carbocycles. The van der Waals surface area contributed by atoms with Crippen molar-refractivity contribution in [2.45, 2.75) is 69.3 Å². The first-order valence-electron chi connectivity index (χ1n) is 14.9. The van der Waals surface area contributed by atoms with Crippen LogP contribution in [0, 0.1) is 5.41 Å². The van der Waals surface area contributed by atoms with Crippen molar-refractivity contribution in [1.82, 2.24) is 14.8 Å². The summed E-state index contributed by atoms with van der Waals surface area (Å²) < 4.78 is 27.3. The lowest BCUT2D eigenvalue weighted by Crippen LogP contribution is -2.45. The first-order valence-corrected chi connectivity index (χ1v) is 16.0. The number of nitrogens with zero attached hydrogens (tertiary/aromatic N) is 3. The molecule has 3 heterocycles. The number of hydrogen-bond acceptors (Lipinski definition) is 7. The van der Waals surface area contributed by atoms with Crippen molar-refractivity contribution in [2.75, 3.05) is 58.8 Å². The van der Waals surface area contributed by atoms with Crippen LogP contribution in [0.25, 0.3) is 10.9 Å². The van der Waals surface area contributed by atoms with Gasteiger partial charge in [0.25, 0.3) is 0 Å². The highest BCUT2D eigenvalue weighted by molar-refractivity contribution is 7.99. The zero-order valence-electron chi connectivity index (χ0n) is 23.8. The number of pyridine rings is 1. The lowest BCUT2D eigenvalue weighted by molar-refractivity contribution is -0.153. The highest BCUT2D eigenvalue weighted by Crippen LogP contribution is 2.42. The molecule has 2 saturated heterocycles. The van der Waals surface area contributed by atoms with Gasteiger partial charge in [-0.1, -0.05) is 12.8 Å². The fraction of sp³-hybridized carbons (Fsp3) is 0.677. The van der Waals surface area contributed by atoms with Crippen molar-refractivity contribution in [2.24, 2.45) is 5.41 Å². The third kappa shape index (κ3) is 7.09. The third-order valence-electron chi connectivity index (χ3n) is 9.22. The van der Waals surface area contributed by atoms with Gasteiger partial charge in [0, 0.05) is 54.3 Å². The number of hydrogen-bond donors (Lipinski definition) is 1. The number of thioether (sulfide) groups is 1. The van der Waals surface area contributed by atoms with Crippen LogP contribution in [0.1, 0.15) is 68.7 Å². The average Bonchev–Trinajstić information content (AvgIpc) is 3.50. The molecule has 0 bridgehead atoms. The van der Waals surface area contributed by atoms with Crippen molar-refractivity contribution in [1.29, 1.82) is 0 Å². The van der Waals surface area contributed by atoms with Crippen LogP contribution in [0.2, 0.25) is 0 Å². The second kappa shape index (κ2) is 13.8. The van der Waals surface area contributed by atoms with Gasteiger partial charge >= 0.3 is 5.97 Å². The first kappa shape index (κ1) is 29.5. The maximum atomic E-state index is 16.4. The molecular weight excluding hydrogens is 529 g/mol. The molecule has 1 aromatic carbocycles. The number of rotatable bonds is 12. The van der Waals surface area contributed by atoms with Gasteiger partial charge in [-0.3, -0.25) is 14.7 Å². The third-order valence-corrected chi connectivity index (χ3v) is 10.6. The minimum atomic E-state index is -1.29. The maximum Gasteiger partial charge on any atom is 0.309 e. The normalized spacial score (nSPS) is 21.6. The number of aromatic nitrogens is 1. The molecule has 0 unspecified atom stereocenters. The lowest BCUT2D eigenvalue weighted by Gasteiger charge is -2.39. The second-order valence-electron chi connectivity index (χ2n) is 11.7. The van der Waals surface area contributed by atoms with Gasteiger partial charge in [-0.2, -0.15) is 11.8 Å². The first-order chi connectivity index (χ1) is 19.5. The molecule has 5 rings (SSSR count). The van der Waals surface area contributed by atoms with Crippen molar-refractivity contribution in [3.63, 3.8) is 0 Å². The number of morpholine rings is 1. The Hall–Kier alpha value is -1.94. The van der Waals surface area contributed by atoms with Crippen LogP contribution in [0.5, 0.6) is 5.75 Å². The number of carboxylic acid groups (broad SMARTS) is 1. The zero-order valence-corrected chi connectivity index (χ0v) is 24.6. The summed E-state index contributed by atoms with van der Waals surface area (Å²) in [7, 11) is 1.61. The van der Waals surface area contributed by atoms with E-state index in [4.69, 9.17) is 9.47 Å². The number of benzene rings is 1. The van der Waals surface area contributed by atoms with Crippen LogP contribution in [-0.2, 0) is 16.1 Å². The highest BCUT2D eigenvalue weighted by Gasteiger charge is 2.42. The highest BCUT2D eigenvalue weighted by atomic mass is 32.2. The van der Waals surface area contributed by atoms with Crippen LogP contribution >= 0.6 is 11.8 Å². The molecule has 1 aromatic heterocycles. The molecule has 3 fully saturated rings. The monoisotopic (exact) mass is 573 g/mol. The molecule has 9 heteroatoms. The Morgan fingerprint density at radius 1 is 1.20 bits per heavy atom. The van der Waals surface area contributed by atoms with Crippen LogP contribution < -0.4 is 4.74 Å². The van der Waals surface area contributed by atoms with Gasteiger partial charge in [0.1, 0.15) is 11.9 Å². The Morgan fingerprint density at radius 2 is 1.95 bits per heavy atom. The van der Waals surface area contributed by atoms with Crippen LogP contribution in [-0.4, -0.2) is 89.9 Å². The van der Waals surface area contributed by atoms with E-state index < -0.39 is 17.6 Å². The molecule has 0 amide bonds. The lowest BCUT2D eigenvalue weighted by atomic mass is 9.74. The van der Waals surface area contributed by atoms with Gasteiger partial charge in [0.15, 0.2) is 0 Å². The van der Waals surface area contributed by atoms with E-state index >= 15 is 4.39 Å². The summed E-state index contributed by atoms with van der Waals surface area (Å²) in [5.41, 5.74) is 1.33. The Morgan fingerprint density at radius 3 is 2.65 bits per heavy atom. The number of carboxylic acids is 1. The van der Waals surface area contributed by atoms with Crippen molar-refractivity contribution < 1.29 is 23.8 Å². The molecule has 0 spiro atoms. The van der Waals surface area contributed by atoms with Gasteiger partial charge in [-0.15, -0.1) is 0 Å². The fourth-order valence-electron chi connectivity index (χ4n) is 6.58. The molecule has 1 N–H and O–H groups in total. The van der Waals surface area contributed by atoms with Gasteiger partial charge in [-0.05, 0) is 75.4 Å². The maximum absolute atomic E-state index is 16.4. The Kier molecular flexibility index (Phi) is 10.2. The standard InChI is InChI=1S/C31H44FN3O4S/c1-38-24-6-7-28-26(20-24)29(23(21-33-28)22-35-14-17-39-18-15-35)27(32)8-9-31(30(36)37)10-12-34(13-11-31)16-19-40-25-4-2-3-5-25/h6-7,20-21,25,27H,2-5,8-19,22H2,1H3,(H,36,37)/t27-/m1/s1. The molecule has 220 valence electrons. The molecular formula is C31H44FN3O4S. The Balaban J connectivity index is 1.27. The molecule has 7 nitrogen and oxygen atoms in total. The van der Waals surface area contributed by atoms with Gasteiger partial charge in [-0.25, -0.2) is 4.39 Å². The summed E-state index contributed by atoms with van der Waals surface area (Å²) in [6, 6.07) is 5.57. The minimum Gasteiger partial charge on any atom is -0.497 e. The molecule has 3 aliphatic rings. The van der Waals surface area contributed by atoms with E-state index in [1.165, 1.54) is 25.7 Å². The van der Waals surface area contributed by atoms with E-state index in [9.17, 15) is 9.90 Å². The second-order valence-corrected chi connectivity index (χ2v) is 13.1. The van der Waals surface area contributed by atoms with E-state index in [0.717, 1.165) is 60.2 Å². The molecule has 2 aliphatic heterocycles. The van der Waals surface area contributed by atoms with Crippen LogP contribution in [0.4, 0.5) is 4.39 Å². The fourth-order valence-corrected chi connectivity index (χ4v) is 7.95. The van der Waals surface area contributed by atoms with E-state index in [2.05, 4.69) is 26.5 Å². The quantitative estimate of drug-likeness (QED) is 0.346. The molecule has 2 aromatic rings. The van der Waals surface area contributed by atoms with E-state index in [1.807, 2.05) is 18.2 Å². The summed E-state index contributed by atoms with van der Waals surface area (Å²) in [5, 5.41) is 11.9. The number of piperidine rings is 1. The predicted octanol–water partition coefficient (Wildman–Crippen LogP) is 5.71. The number of methoxy groups -OCH3 is 1. The van der Waals surface area contributed by atoms with Crippen molar-refractivity contribution >= 4 is 28.6 Å². The topological polar surface area (TPSA) is 75.1 Å². The predicted molar refractivity (Wildman–Crippen MR) is 158 cm³/mol. The largest absolute Gasteiger partial charge is 0.497 e. The smallest absolute Gasteiger partial charge is 0.309 e. The number of halogens is 1.